The molecule has 1 aliphatic rings. The monoisotopic (exact) mass is 380 g/mol. The summed E-state index contributed by atoms with van der Waals surface area (Å²) in [4.78, 5) is 0.183. The van der Waals surface area contributed by atoms with Gasteiger partial charge in [-0.05, 0) is 48.7 Å². The minimum absolute atomic E-state index is 0.0582. The number of sulfonamides is 2. The van der Waals surface area contributed by atoms with Crippen molar-refractivity contribution in [3.63, 3.8) is 0 Å². The Balaban J connectivity index is 1.86. The standard InChI is InChI=1S/C17H20N2O4S2/c1-2-24(20,21)19-11-10-14-8-9-16(12-15(14)13-19)18-25(22,23)17-6-4-3-5-7-17/h3-9,12,18H,2,10-11,13H2,1H3. The molecule has 0 spiro atoms. The van der Waals surface area contributed by atoms with Crippen LogP contribution >= 0.6 is 0 Å². The molecule has 0 aromatic heterocycles. The average Bonchev–Trinajstić information content (AvgIpc) is 2.61. The van der Waals surface area contributed by atoms with E-state index in [0.29, 0.717) is 18.7 Å². The third kappa shape index (κ3) is 3.86. The Hall–Kier alpha value is -1.90. The Bertz CT molecular complexity index is 971. The molecule has 0 saturated carbocycles. The highest BCUT2D eigenvalue weighted by atomic mass is 32.2. The summed E-state index contributed by atoms with van der Waals surface area (Å²) in [7, 11) is -6.93. The van der Waals surface area contributed by atoms with E-state index in [1.807, 2.05) is 6.07 Å². The van der Waals surface area contributed by atoms with Gasteiger partial charge in [-0.25, -0.2) is 16.8 Å². The van der Waals surface area contributed by atoms with Crippen LogP contribution in [0.4, 0.5) is 5.69 Å². The fourth-order valence-electron chi connectivity index (χ4n) is 2.83. The molecule has 2 aromatic rings. The number of nitrogens with zero attached hydrogens (tertiary/aromatic N) is 1. The van der Waals surface area contributed by atoms with Crippen LogP contribution in [0.5, 0.6) is 0 Å². The Morgan fingerprint density at radius 3 is 2.40 bits per heavy atom. The number of nitrogens with one attached hydrogen (secondary N) is 1. The zero-order chi connectivity index (χ0) is 18.1. The van der Waals surface area contributed by atoms with Gasteiger partial charge in [0.1, 0.15) is 0 Å². The first kappa shape index (κ1) is 17.9. The molecule has 0 saturated heterocycles. The van der Waals surface area contributed by atoms with E-state index in [9.17, 15) is 16.8 Å². The van der Waals surface area contributed by atoms with Gasteiger partial charge in [0.15, 0.2) is 0 Å². The molecule has 6 nitrogen and oxygen atoms in total. The maximum absolute atomic E-state index is 12.4. The molecule has 25 heavy (non-hydrogen) atoms. The van der Waals surface area contributed by atoms with Crippen molar-refractivity contribution in [2.24, 2.45) is 0 Å². The van der Waals surface area contributed by atoms with Gasteiger partial charge >= 0.3 is 0 Å². The zero-order valence-electron chi connectivity index (χ0n) is 13.8. The van der Waals surface area contributed by atoms with Crippen molar-refractivity contribution in [1.82, 2.24) is 4.31 Å². The van der Waals surface area contributed by atoms with Crippen LogP contribution in [0, 0.1) is 0 Å². The van der Waals surface area contributed by atoms with Crippen molar-refractivity contribution in [1.29, 1.82) is 0 Å². The van der Waals surface area contributed by atoms with Crippen LogP contribution in [0.15, 0.2) is 53.4 Å². The summed E-state index contributed by atoms with van der Waals surface area (Å²) in [6.45, 7) is 2.35. The lowest BCUT2D eigenvalue weighted by atomic mass is 10.0. The van der Waals surface area contributed by atoms with E-state index in [-0.39, 0.29) is 17.2 Å². The lowest BCUT2D eigenvalue weighted by molar-refractivity contribution is 0.392. The molecular formula is C17H20N2O4S2. The van der Waals surface area contributed by atoms with E-state index in [4.69, 9.17) is 0 Å². The first-order chi connectivity index (χ1) is 11.8. The molecule has 0 amide bonds. The van der Waals surface area contributed by atoms with Crippen molar-refractivity contribution in [3.05, 3.63) is 59.7 Å². The topological polar surface area (TPSA) is 83.6 Å². The van der Waals surface area contributed by atoms with Crippen molar-refractivity contribution >= 4 is 25.7 Å². The van der Waals surface area contributed by atoms with Crippen molar-refractivity contribution in [2.75, 3.05) is 17.0 Å². The molecule has 0 unspecified atom stereocenters. The highest BCUT2D eigenvalue weighted by molar-refractivity contribution is 7.92. The molecule has 0 atom stereocenters. The molecule has 1 N–H and O–H groups in total. The first-order valence-electron chi connectivity index (χ1n) is 7.99. The van der Waals surface area contributed by atoms with E-state index < -0.39 is 20.0 Å². The number of benzene rings is 2. The first-order valence-corrected chi connectivity index (χ1v) is 11.1. The minimum Gasteiger partial charge on any atom is -0.280 e. The molecule has 8 heteroatoms. The van der Waals surface area contributed by atoms with Gasteiger partial charge in [-0.3, -0.25) is 4.72 Å². The maximum Gasteiger partial charge on any atom is 0.261 e. The van der Waals surface area contributed by atoms with Gasteiger partial charge in [0.2, 0.25) is 10.0 Å². The van der Waals surface area contributed by atoms with Crippen LogP contribution < -0.4 is 4.72 Å². The smallest absolute Gasteiger partial charge is 0.261 e. The second kappa shape index (κ2) is 6.78. The van der Waals surface area contributed by atoms with E-state index >= 15 is 0 Å². The van der Waals surface area contributed by atoms with Gasteiger partial charge in [0.05, 0.1) is 10.6 Å². The Labute approximate surface area is 148 Å². The Morgan fingerprint density at radius 1 is 1.00 bits per heavy atom. The highest BCUT2D eigenvalue weighted by Crippen LogP contribution is 2.25. The zero-order valence-corrected chi connectivity index (χ0v) is 15.5. The molecule has 1 aliphatic heterocycles. The summed E-state index contributed by atoms with van der Waals surface area (Å²) in [5.41, 5.74) is 2.31. The number of rotatable bonds is 5. The predicted octanol–water partition coefficient (Wildman–Crippen LogP) is 2.20. The third-order valence-corrected chi connectivity index (χ3v) is 7.47. The molecular weight excluding hydrogens is 360 g/mol. The van der Waals surface area contributed by atoms with Gasteiger partial charge in [0, 0.05) is 18.8 Å². The van der Waals surface area contributed by atoms with E-state index in [1.54, 1.807) is 37.3 Å². The van der Waals surface area contributed by atoms with Crippen LogP contribution in [0.3, 0.4) is 0 Å². The lowest BCUT2D eigenvalue weighted by Gasteiger charge is -2.28. The maximum atomic E-state index is 12.4. The van der Waals surface area contributed by atoms with Gasteiger partial charge in [-0.2, -0.15) is 4.31 Å². The lowest BCUT2D eigenvalue weighted by Crippen LogP contribution is -2.36. The summed E-state index contributed by atoms with van der Waals surface area (Å²) in [6, 6.07) is 13.4. The summed E-state index contributed by atoms with van der Waals surface area (Å²) in [5.74, 6) is 0.0582. The number of fused-ring (bicyclic) bond motifs is 1. The normalized spacial score (nSPS) is 15.6. The van der Waals surface area contributed by atoms with Gasteiger partial charge < -0.3 is 0 Å². The highest BCUT2D eigenvalue weighted by Gasteiger charge is 2.25. The summed E-state index contributed by atoms with van der Waals surface area (Å²) in [6.07, 6.45) is 0.625. The van der Waals surface area contributed by atoms with Crippen molar-refractivity contribution in [3.8, 4) is 0 Å². The molecule has 1 heterocycles. The molecule has 0 radical (unpaired) electrons. The van der Waals surface area contributed by atoms with Gasteiger partial charge in [-0.1, -0.05) is 24.3 Å². The molecule has 134 valence electrons. The minimum atomic E-state index is -3.67. The number of hydrogen-bond acceptors (Lipinski definition) is 4. The third-order valence-electron chi connectivity index (χ3n) is 4.25. The molecule has 3 rings (SSSR count). The molecule has 2 aromatic carbocycles. The van der Waals surface area contributed by atoms with E-state index in [1.165, 1.54) is 16.4 Å². The fraction of sp³-hybridized carbons (Fsp3) is 0.294. The molecule has 0 fully saturated rings. The van der Waals surface area contributed by atoms with Crippen molar-refractivity contribution in [2.45, 2.75) is 24.8 Å². The summed E-state index contributed by atoms with van der Waals surface area (Å²) >= 11 is 0. The predicted molar refractivity (Wildman–Crippen MR) is 97.3 cm³/mol. The second-order valence-electron chi connectivity index (χ2n) is 5.89. The Kier molecular flexibility index (Phi) is 4.86. The van der Waals surface area contributed by atoms with Crippen LogP contribution in [-0.4, -0.2) is 33.4 Å². The summed E-state index contributed by atoms with van der Waals surface area (Å²) in [5, 5.41) is 0. The van der Waals surface area contributed by atoms with E-state index in [2.05, 4.69) is 4.72 Å². The van der Waals surface area contributed by atoms with Crippen LogP contribution in [-0.2, 0) is 33.0 Å². The van der Waals surface area contributed by atoms with Crippen molar-refractivity contribution < 1.29 is 16.8 Å². The van der Waals surface area contributed by atoms with Crippen LogP contribution in [0.1, 0.15) is 18.1 Å². The Morgan fingerprint density at radius 2 is 1.72 bits per heavy atom. The molecule has 0 aliphatic carbocycles. The van der Waals surface area contributed by atoms with E-state index in [0.717, 1.165) is 11.1 Å². The van der Waals surface area contributed by atoms with Gasteiger partial charge in [0.25, 0.3) is 10.0 Å². The van der Waals surface area contributed by atoms with Crippen LogP contribution in [0.25, 0.3) is 0 Å². The second-order valence-corrected chi connectivity index (χ2v) is 9.83. The SMILES string of the molecule is CCS(=O)(=O)N1CCc2ccc(NS(=O)(=O)c3ccccc3)cc2C1. The molecule has 0 bridgehead atoms. The largest absolute Gasteiger partial charge is 0.280 e. The quantitative estimate of drug-likeness (QED) is 0.862. The number of hydrogen-bond donors (Lipinski definition) is 1. The van der Waals surface area contributed by atoms with Gasteiger partial charge in [-0.15, -0.1) is 0 Å². The number of anilines is 1. The fourth-order valence-corrected chi connectivity index (χ4v) is 4.97. The van der Waals surface area contributed by atoms with Crippen LogP contribution in [0.2, 0.25) is 0 Å². The summed E-state index contributed by atoms with van der Waals surface area (Å²) < 4.78 is 53.0. The average molecular weight is 380 g/mol.